The number of carbonyl (C=O) groups excluding carboxylic acids is 3. The Labute approximate surface area is 123 Å². The van der Waals surface area contributed by atoms with Crippen molar-refractivity contribution in [2.24, 2.45) is 0 Å². The molecule has 0 saturated carbocycles. The third-order valence-electron chi connectivity index (χ3n) is 2.77. The number of aryl methyl sites for hydroxylation is 1. The van der Waals surface area contributed by atoms with Crippen molar-refractivity contribution < 1.29 is 14.4 Å². The number of halogens is 1. The van der Waals surface area contributed by atoms with Crippen LogP contribution < -0.4 is 5.32 Å². The fourth-order valence-corrected chi connectivity index (χ4v) is 2.02. The number of rotatable bonds is 7. The zero-order chi connectivity index (χ0) is 15.1. The number of hydrogen-bond donors (Lipinski definition) is 1. The van der Waals surface area contributed by atoms with Gasteiger partial charge in [0.25, 0.3) is 0 Å². The molecule has 0 saturated heterocycles. The molecule has 0 bridgehead atoms. The predicted molar refractivity (Wildman–Crippen MR) is 79.0 cm³/mol. The molecular formula is C15H18ClNO3. The lowest BCUT2D eigenvalue weighted by molar-refractivity contribution is -0.125. The second-order valence-electron chi connectivity index (χ2n) is 4.78. The van der Waals surface area contributed by atoms with E-state index in [9.17, 15) is 14.4 Å². The first kappa shape index (κ1) is 16.4. The van der Waals surface area contributed by atoms with Gasteiger partial charge in [-0.2, -0.15) is 0 Å². The summed E-state index contributed by atoms with van der Waals surface area (Å²) in [6.45, 7) is 3.24. The van der Waals surface area contributed by atoms with Crippen molar-refractivity contribution >= 4 is 34.8 Å². The van der Waals surface area contributed by atoms with E-state index in [0.717, 1.165) is 11.3 Å². The molecule has 0 unspecified atom stereocenters. The van der Waals surface area contributed by atoms with Crippen molar-refractivity contribution in [2.75, 3.05) is 5.32 Å². The van der Waals surface area contributed by atoms with Gasteiger partial charge in [-0.05, 0) is 44.0 Å². The number of Topliss-reactive ketones (excluding diaryl/α,β-unsaturated/α-hetero) is 2. The summed E-state index contributed by atoms with van der Waals surface area (Å²) in [5, 5.41) is 3.40. The molecule has 0 aliphatic rings. The van der Waals surface area contributed by atoms with Gasteiger partial charge in [-0.15, -0.1) is 0 Å². The average molecular weight is 296 g/mol. The lowest BCUT2D eigenvalue weighted by atomic mass is 10.1. The Morgan fingerprint density at radius 3 is 2.50 bits per heavy atom. The van der Waals surface area contributed by atoms with E-state index in [2.05, 4.69) is 5.32 Å². The summed E-state index contributed by atoms with van der Waals surface area (Å²) < 4.78 is 0. The topological polar surface area (TPSA) is 63.2 Å². The first-order valence-corrected chi connectivity index (χ1v) is 6.83. The van der Waals surface area contributed by atoms with E-state index in [1.54, 1.807) is 18.2 Å². The number of benzene rings is 1. The molecule has 5 heteroatoms. The molecule has 108 valence electrons. The SMILES string of the molecule is CC(=O)CC(=O)CCCC(=O)Nc1ccc(Cl)cc1C. The molecule has 0 heterocycles. The van der Waals surface area contributed by atoms with Crippen LogP contribution in [0.2, 0.25) is 5.02 Å². The van der Waals surface area contributed by atoms with Crippen molar-refractivity contribution in [3.8, 4) is 0 Å². The second kappa shape index (κ2) is 7.80. The number of anilines is 1. The summed E-state index contributed by atoms with van der Waals surface area (Å²) >= 11 is 5.84. The van der Waals surface area contributed by atoms with Crippen molar-refractivity contribution in [2.45, 2.75) is 39.5 Å². The molecule has 0 aliphatic carbocycles. The number of carbonyl (C=O) groups is 3. The molecule has 20 heavy (non-hydrogen) atoms. The summed E-state index contributed by atoms with van der Waals surface area (Å²) in [7, 11) is 0. The van der Waals surface area contributed by atoms with Crippen molar-refractivity contribution in [1.29, 1.82) is 0 Å². The van der Waals surface area contributed by atoms with Gasteiger partial charge in [0, 0.05) is 23.6 Å². The lowest BCUT2D eigenvalue weighted by Crippen LogP contribution is -2.13. The van der Waals surface area contributed by atoms with Gasteiger partial charge in [0.1, 0.15) is 11.6 Å². The molecule has 0 atom stereocenters. The maximum atomic E-state index is 11.7. The van der Waals surface area contributed by atoms with Gasteiger partial charge >= 0.3 is 0 Å². The van der Waals surface area contributed by atoms with Crippen LogP contribution in [0.25, 0.3) is 0 Å². The van der Waals surface area contributed by atoms with Gasteiger partial charge in [0.2, 0.25) is 5.91 Å². The molecule has 1 rings (SSSR count). The summed E-state index contributed by atoms with van der Waals surface area (Å²) in [4.78, 5) is 33.8. The minimum Gasteiger partial charge on any atom is -0.326 e. The van der Waals surface area contributed by atoms with Gasteiger partial charge in [-0.1, -0.05) is 11.6 Å². The van der Waals surface area contributed by atoms with Gasteiger partial charge < -0.3 is 5.32 Å². The highest BCUT2D eigenvalue weighted by Gasteiger charge is 2.08. The molecule has 4 nitrogen and oxygen atoms in total. The van der Waals surface area contributed by atoms with Crippen molar-refractivity contribution in [1.82, 2.24) is 0 Å². The molecule has 0 spiro atoms. The fourth-order valence-electron chi connectivity index (χ4n) is 1.79. The Bertz CT molecular complexity index is 526. The summed E-state index contributed by atoms with van der Waals surface area (Å²) in [6, 6.07) is 5.23. The first-order chi connectivity index (χ1) is 9.38. The molecule has 1 amide bonds. The van der Waals surface area contributed by atoms with Gasteiger partial charge in [0.05, 0.1) is 6.42 Å². The van der Waals surface area contributed by atoms with E-state index in [4.69, 9.17) is 11.6 Å². The minimum atomic E-state index is -0.147. The second-order valence-corrected chi connectivity index (χ2v) is 5.21. The maximum Gasteiger partial charge on any atom is 0.224 e. The summed E-state index contributed by atoms with van der Waals surface area (Å²) in [5.41, 5.74) is 1.60. The minimum absolute atomic E-state index is 0.0437. The molecule has 1 N–H and O–H groups in total. The van der Waals surface area contributed by atoms with E-state index in [-0.39, 0.29) is 36.7 Å². The van der Waals surface area contributed by atoms with Gasteiger partial charge in [-0.25, -0.2) is 0 Å². The fraction of sp³-hybridized carbons (Fsp3) is 0.400. The average Bonchev–Trinajstić information content (AvgIpc) is 2.31. The smallest absolute Gasteiger partial charge is 0.224 e. The highest BCUT2D eigenvalue weighted by Crippen LogP contribution is 2.19. The van der Waals surface area contributed by atoms with E-state index in [1.807, 2.05) is 6.92 Å². The number of nitrogens with one attached hydrogen (secondary N) is 1. The standard InChI is InChI=1S/C15H18ClNO3/c1-10-8-12(16)6-7-14(10)17-15(20)5-3-4-13(19)9-11(2)18/h6-8H,3-5,9H2,1-2H3,(H,17,20). The van der Waals surface area contributed by atoms with Crippen LogP contribution in [0.3, 0.4) is 0 Å². The summed E-state index contributed by atoms with van der Waals surface area (Å²) in [5.74, 6) is -0.407. The van der Waals surface area contributed by atoms with Crippen LogP contribution in [0.15, 0.2) is 18.2 Å². The Kier molecular flexibility index (Phi) is 6.39. The van der Waals surface area contributed by atoms with Crippen LogP contribution >= 0.6 is 11.6 Å². The van der Waals surface area contributed by atoms with E-state index >= 15 is 0 Å². The Morgan fingerprint density at radius 1 is 1.20 bits per heavy atom. The van der Waals surface area contributed by atoms with Crippen LogP contribution in [-0.4, -0.2) is 17.5 Å². The summed E-state index contributed by atoms with van der Waals surface area (Å²) in [6.07, 6.45) is 0.917. The van der Waals surface area contributed by atoms with Crippen molar-refractivity contribution in [3.63, 3.8) is 0 Å². The van der Waals surface area contributed by atoms with Crippen LogP contribution in [-0.2, 0) is 14.4 Å². The highest BCUT2D eigenvalue weighted by atomic mass is 35.5. The monoisotopic (exact) mass is 295 g/mol. The number of amides is 1. The Morgan fingerprint density at radius 2 is 1.90 bits per heavy atom. The van der Waals surface area contributed by atoms with Gasteiger partial charge in [-0.3, -0.25) is 14.4 Å². The lowest BCUT2D eigenvalue weighted by Gasteiger charge is -2.08. The molecule has 1 aromatic rings. The zero-order valence-corrected chi connectivity index (χ0v) is 12.4. The molecule has 1 aromatic carbocycles. The Balaban J connectivity index is 2.37. The van der Waals surface area contributed by atoms with Crippen LogP contribution in [0, 0.1) is 6.92 Å². The van der Waals surface area contributed by atoms with E-state index in [1.165, 1.54) is 6.92 Å². The molecular weight excluding hydrogens is 278 g/mol. The maximum absolute atomic E-state index is 11.7. The highest BCUT2D eigenvalue weighted by molar-refractivity contribution is 6.30. The first-order valence-electron chi connectivity index (χ1n) is 6.45. The third kappa shape index (κ3) is 5.97. The van der Waals surface area contributed by atoms with Crippen molar-refractivity contribution in [3.05, 3.63) is 28.8 Å². The quantitative estimate of drug-likeness (QED) is 0.785. The zero-order valence-electron chi connectivity index (χ0n) is 11.7. The normalized spacial score (nSPS) is 10.2. The molecule has 0 radical (unpaired) electrons. The molecule has 0 fully saturated rings. The van der Waals surface area contributed by atoms with E-state index in [0.29, 0.717) is 11.4 Å². The van der Waals surface area contributed by atoms with E-state index < -0.39 is 0 Å². The number of hydrogen-bond acceptors (Lipinski definition) is 3. The van der Waals surface area contributed by atoms with Crippen LogP contribution in [0.1, 0.15) is 38.2 Å². The predicted octanol–water partition coefficient (Wildman–Crippen LogP) is 3.31. The Hall–Kier alpha value is -1.68. The molecule has 0 aromatic heterocycles. The largest absolute Gasteiger partial charge is 0.326 e. The van der Waals surface area contributed by atoms with Crippen LogP contribution in [0.4, 0.5) is 5.69 Å². The number of ketones is 2. The van der Waals surface area contributed by atoms with Gasteiger partial charge in [0.15, 0.2) is 0 Å². The molecule has 0 aliphatic heterocycles. The third-order valence-corrected chi connectivity index (χ3v) is 3.00. The van der Waals surface area contributed by atoms with Crippen LogP contribution in [0.5, 0.6) is 0 Å².